The van der Waals surface area contributed by atoms with E-state index in [1.54, 1.807) is 19.1 Å². The van der Waals surface area contributed by atoms with Crippen molar-refractivity contribution in [3.05, 3.63) is 68.9 Å². The van der Waals surface area contributed by atoms with E-state index >= 15 is 0 Å². The van der Waals surface area contributed by atoms with E-state index in [1.165, 1.54) is 12.1 Å². The minimum atomic E-state index is -0.396. The van der Waals surface area contributed by atoms with Crippen LogP contribution in [-0.4, -0.2) is 5.78 Å². The lowest BCUT2D eigenvalue weighted by Gasteiger charge is -2.08. The summed E-state index contributed by atoms with van der Waals surface area (Å²) in [6, 6.07) is 9.81. The Morgan fingerprint density at radius 3 is 2.50 bits per heavy atom. The maximum Gasteiger partial charge on any atom is 0.194 e. The molecule has 0 saturated carbocycles. The third-order valence-corrected chi connectivity index (χ3v) is 3.50. The van der Waals surface area contributed by atoms with Crippen LogP contribution in [0.2, 0.25) is 0 Å². The average molecular weight is 307 g/mol. The van der Waals surface area contributed by atoms with Crippen LogP contribution in [0.15, 0.2) is 40.9 Å². The SMILES string of the molecule is Cc1ccc(Br)c(C(=O)c2cc(F)ccc2C)c1. The van der Waals surface area contributed by atoms with E-state index in [-0.39, 0.29) is 5.78 Å². The molecule has 0 unspecified atom stereocenters. The van der Waals surface area contributed by atoms with Crippen LogP contribution in [0.3, 0.4) is 0 Å². The first-order chi connectivity index (χ1) is 8.49. The van der Waals surface area contributed by atoms with Gasteiger partial charge in [-0.3, -0.25) is 4.79 Å². The van der Waals surface area contributed by atoms with Crippen LogP contribution in [0.1, 0.15) is 27.0 Å². The molecule has 0 saturated heterocycles. The van der Waals surface area contributed by atoms with Gasteiger partial charge >= 0.3 is 0 Å². The lowest BCUT2D eigenvalue weighted by Crippen LogP contribution is -2.05. The van der Waals surface area contributed by atoms with Crippen LogP contribution >= 0.6 is 15.9 Å². The van der Waals surface area contributed by atoms with Gasteiger partial charge in [-0.15, -0.1) is 0 Å². The Labute approximate surface area is 114 Å². The fourth-order valence-corrected chi connectivity index (χ4v) is 2.22. The van der Waals surface area contributed by atoms with Crippen molar-refractivity contribution in [2.45, 2.75) is 13.8 Å². The molecule has 2 aromatic carbocycles. The van der Waals surface area contributed by atoms with Crippen molar-refractivity contribution in [2.75, 3.05) is 0 Å². The first-order valence-electron chi connectivity index (χ1n) is 5.56. The smallest absolute Gasteiger partial charge is 0.194 e. The van der Waals surface area contributed by atoms with Crippen molar-refractivity contribution in [3.63, 3.8) is 0 Å². The molecule has 0 heterocycles. The number of carbonyl (C=O) groups excluding carboxylic acids is 1. The highest BCUT2D eigenvalue weighted by Gasteiger charge is 2.15. The van der Waals surface area contributed by atoms with Crippen LogP contribution in [0.5, 0.6) is 0 Å². The summed E-state index contributed by atoms with van der Waals surface area (Å²) in [5.41, 5.74) is 2.73. The maximum absolute atomic E-state index is 13.2. The van der Waals surface area contributed by atoms with Gasteiger partial charge in [0.25, 0.3) is 0 Å². The van der Waals surface area contributed by atoms with Gasteiger partial charge < -0.3 is 0 Å². The van der Waals surface area contributed by atoms with Gasteiger partial charge in [0.05, 0.1) is 0 Å². The molecule has 3 heteroatoms. The molecule has 0 bridgehead atoms. The van der Waals surface area contributed by atoms with E-state index < -0.39 is 5.82 Å². The van der Waals surface area contributed by atoms with Crippen LogP contribution in [0, 0.1) is 19.7 Å². The third kappa shape index (κ3) is 2.51. The van der Waals surface area contributed by atoms with Gasteiger partial charge in [0.2, 0.25) is 0 Å². The summed E-state index contributed by atoms with van der Waals surface area (Å²) in [4.78, 5) is 12.4. The Hall–Kier alpha value is -1.48. The van der Waals surface area contributed by atoms with Gasteiger partial charge in [-0.25, -0.2) is 4.39 Å². The summed E-state index contributed by atoms with van der Waals surface area (Å²) < 4.78 is 14.0. The second-order valence-corrected chi connectivity index (χ2v) is 5.13. The molecule has 18 heavy (non-hydrogen) atoms. The van der Waals surface area contributed by atoms with Crippen LogP contribution in [-0.2, 0) is 0 Å². The Kier molecular flexibility index (Phi) is 3.62. The molecule has 0 aromatic heterocycles. The van der Waals surface area contributed by atoms with Crippen molar-refractivity contribution < 1.29 is 9.18 Å². The van der Waals surface area contributed by atoms with Gasteiger partial charge in [-0.1, -0.05) is 33.6 Å². The number of carbonyl (C=O) groups is 1. The van der Waals surface area contributed by atoms with E-state index in [9.17, 15) is 9.18 Å². The molecule has 0 aliphatic rings. The zero-order valence-electron chi connectivity index (χ0n) is 10.1. The summed E-state index contributed by atoms with van der Waals surface area (Å²) in [5, 5.41) is 0. The molecule has 2 aromatic rings. The van der Waals surface area contributed by atoms with Crippen molar-refractivity contribution in [1.82, 2.24) is 0 Å². The molecule has 0 amide bonds. The van der Waals surface area contributed by atoms with Gasteiger partial charge in [-0.05, 0) is 43.7 Å². The van der Waals surface area contributed by atoms with Crippen molar-refractivity contribution in [1.29, 1.82) is 0 Å². The Bertz CT molecular complexity index is 566. The van der Waals surface area contributed by atoms with Gasteiger partial charge in [0.1, 0.15) is 5.82 Å². The Balaban J connectivity index is 2.54. The predicted octanol–water partition coefficient (Wildman–Crippen LogP) is 4.44. The van der Waals surface area contributed by atoms with Crippen LogP contribution in [0.25, 0.3) is 0 Å². The molecule has 1 nitrogen and oxygen atoms in total. The highest BCUT2D eigenvalue weighted by Crippen LogP contribution is 2.23. The quantitative estimate of drug-likeness (QED) is 0.750. The van der Waals surface area contributed by atoms with E-state index in [4.69, 9.17) is 0 Å². The largest absolute Gasteiger partial charge is 0.289 e. The Morgan fingerprint density at radius 2 is 1.78 bits per heavy atom. The summed E-state index contributed by atoms with van der Waals surface area (Å²) in [6.45, 7) is 3.72. The number of hydrogen-bond acceptors (Lipinski definition) is 1. The van der Waals surface area contributed by atoms with E-state index in [0.717, 1.165) is 15.6 Å². The molecular formula is C15H12BrFO. The molecule has 0 aliphatic carbocycles. The molecule has 0 fully saturated rings. The van der Waals surface area contributed by atoms with Crippen molar-refractivity contribution >= 4 is 21.7 Å². The molecule has 0 atom stereocenters. The third-order valence-electron chi connectivity index (χ3n) is 2.81. The normalized spacial score (nSPS) is 10.4. The molecule has 0 radical (unpaired) electrons. The predicted molar refractivity (Wildman–Crippen MR) is 73.4 cm³/mol. The monoisotopic (exact) mass is 306 g/mol. The highest BCUT2D eigenvalue weighted by molar-refractivity contribution is 9.10. The fourth-order valence-electron chi connectivity index (χ4n) is 1.80. The Morgan fingerprint density at radius 1 is 1.06 bits per heavy atom. The van der Waals surface area contributed by atoms with E-state index in [1.807, 2.05) is 19.1 Å². The molecular weight excluding hydrogens is 295 g/mol. The summed E-state index contributed by atoms with van der Waals surface area (Å²) in [5.74, 6) is -0.560. The van der Waals surface area contributed by atoms with Crippen molar-refractivity contribution in [3.8, 4) is 0 Å². The molecule has 0 aliphatic heterocycles. The van der Waals surface area contributed by atoms with E-state index in [2.05, 4.69) is 15.9 Å². The molecule has 0 N–H and O–H groups in total. The average Bonchev–Trinajstić information content (AvgIpc) is 2.34. The maximum atomic E-state index is 13.2. The lowest BCUT2D eigenvalue weighted by molar-refractivity contribution is 0.103. The number of rotatable bonds is 2. The number of ketones is 1. The zero-order chi connectivity index (χ0) is 13.3. The minimum absolute atomic E-state index is 0.164. The molecule has 2 rings (SSSR count). The van der Waals surface area contributed by atoms with Crippen LogP contribution < -0.4 is 0 Å². The molecule has 92 valence electrons. The zero-order valence-corrected chi connectivity index (χ0v) is 11.7. The van der Waals surface area contributed by atoms with Gasteiger partial charge in [0, 0.05) is 15.6 Å². The number of hydrogen-bond donors (Lipinski definition) is 0. The fraction of sp³-hybridized carbons (Fsp3) is 0.133. The second-order valence-electron chi connectivity index (χ2n) is 4.27. The van der Waals surface area contributed by atoms with Gasteiger partial charge in [0.15, 0.2) is 5.78 Å². The van der Waals surface area contributed by atoms with Crippen molar-refractivity contribution in [2.24, 2.45) is 0 Å². The topological polar surface area (TPSA) is 17.1 Å². The van der Waals surface area contributed by atoms with Crippen LogP contribution in [0.4, 0.5) is 4.39 Å². The summed E-state index contributed by atoms with van der Waals surface area (Å²) >= 11 is 3.36. The molecule has 0 spiro atoms. The highest BCUT2D eigenvalue weighted by atomic mass is 79.9. The summed E-state index contributed by atoms with van der Waals surface area (Å²) in [6.07, 6.45) is 0. The lowest BCUT2D eigenvalue weighted by atomic mass is 9.98. The minimum Gasteiger partial charge on any atom is -0.289 e. The number of aryl methyl sites for hydroxylation is 2. The number of halogens is 2. The number of benzene rings is 2. The standard InChI is InChI=1S/C15H12BrFO/c1-9-3-6-14(16)13(7-9)15(18)12-8-11(17)5-4-10(12)2/h3-8H,1-2H3. The van der Waals surface area contributed by atoms with Gasteiger partial charge in [-0.2, -0.15) is 0 Å². The van der Waals surface area contributed by atoms with E-state index in [0.29, 0.717) is 11.1 Å². The second kappa shape index (κ2) is 5.02. The summed E-state index contributed by atoms with van der Waals surface area (Å²) in [7, 11) is 0. The first kappa shape index (κ1) is 13.0. The first-order valence-corrected chi connectivity index (χ1v) is 6.35.